The van der Waals surface area contributed by atoms with Crippen LogP contribution in [0.4, 0.5) is 36.6 Å². The van der Waals surface area contributed by atoms with Crippen LogP contribution in [0.5, 0.6) is 0 Å². The number of halogens is 8. The number of alkyl halides is 5. The van der Waals surface area contributed by atoms with E-state index in [1.807, 2.05) is 5.92 Å². The molecular formula is C41H34ClF7N8O5S. The Hall–Kier alpha value is -6.16. The summed E-state index contributed by atoms with van der Waals surface area (Å²) in [5.74, 6) is -2.17. The molecule has 13 nitrogen and oxygen atoms in total. The molecule has 3 aromatic heterocycles. The van der Waals surface area contributed by atoms with E-state index < -0.39 is 107 Å². The zero-order valence-corrected chi connectivity index (χ0v) is 34.6. The molecule has 1 aliphatic carbocycles. The fraction of sp³-hybridized carbons (Fsp3) is 0.341. The quantitative estimate of drug-likeness (QED) is 0.122. The van der Waals surface area contributed by atoms with Gasteiger partial charge in [-0.1, -0.05) is 29.5 Å². The average Bonchev–Trinajstić information content (AvgIpc) is 3.95. The molecule has 63 heavy (non-hydrogen) atoms. The minimum atomic E-state index is -5.19. The fourth-order valence-electron chi connectivity index (χ4n) is 7.97. The van der Waals surface area contributed by atoms with Crippen LogP contribution in [0, 0.1) is 41.7 Å². The van der Waals surface area contributed by atoms with Gasteiger partial charge in [-0.2, -0.15) is 32.1 Å². The number of pyridine rings is 1. The Morgan fingerprint density at radius 1 is 1.10 bits per heavy atom. The lowest BCUT2D eigenvalue weighted by atomic mass is 9.93. The predicted octanol–water partition coefficient (Wildman–Crippen LogP) is 5.49. The van der Waals surface area contributed by atoms with E-state index in [0.717, 1.165) is 18.4 Å². The van der Waals surface area contributed by atoms with Gasteiger partial charge in [-0.25, -0.2) is 22.2 Å². The van der Waals surface area contributed by atoms with Crippen molar-refractivity contribution in [2.24, 2.45) is 13.0 Å². The number of carbonyl (C=O) groups excluding carboxylic acids is 2. The number of aryl methyl sites for hydroxylation is 1. The molecule has 7 rings (SSSR count). The first kappa shape index (κ1) is 44.9. The van der Waals surface area contributed by atoms with Crippen LogP contribution in [0.1, 0.15) is 52.8 Å². The highest BCUT2D eigenvalue weighted by Crippen LogP contribution is 2.49. The van der Waals surface area contributed by atoms with Gasteiger partial charge in [0.15, 0.2) is 11.5 Å². The second-order valence-corrected chi connectivity index (χ2v) is 17.1. The molecule has 0 spiro atoms. The molecule has 3 atom stereocenters. The molecule has 2 amide bonds. The molecule has 2 aliphatic rings. The number of carbonyl (C=O) groups is 2. The molecule has 2 aromatic carbocycles. The highest BCUT2D eigenvalue weighted by Gasteiger charge is 2.55. The van der Waals surface area contributed by atoms with Crippen molar-refractivity contribution in [3.8, 4) is 35.3 Å². The first-order valence-electron chi connectivity index (χ1n) is 18.9. The first-order valence-corrected chi connectivity index (χ1v) is 21.2. The van der Waals surface area contributed by atoms with Crippen molar-refractivity contribution in [2.45, 2.75) is 56.4 Å². The Balaban J connectivity index is 1.40. The van der Waals surface area contributed by atoms with Gasteiger partial charge < -0.3 is 15.3 Å². The first-order chi connectivity index (χ1) is 29.6. The zero-order valence-electron chi connectivity index (χ0n) is 33.0. The number of hydrogen-bond acceptors (Lipinski definition) is 8. The van der Waals surface area contributed by atoms with Crippen LogP contribution < -0.4 is 10.0 Å². The van der Waals surface area contributed by atoms with E-state index in [2.05, 4.69) is 32.1 Å². The van der Waals surface area contributed by atoms with Gasteiger partial charge in [0.2, 0.25) is 21.8 Å². The number of fused-ring (bicyclic) bond motifs is 2. The number of likely N-dealkylation sites (tertiary alicyclic amines) is 1. The standard InChI is InChI=1S/C41H34ClF7N8O5S/c1-4-22-17-29-37(41(47,48)49)52-57(38(29)40(22,45)46)19-32(59)51-31(16-21-14-23(43)18-24(44)15-21)35-27(10-8-25(50-35)7-9-26-6-5-13-56(26)33(60)20-58)28-11-12-30(42)34-36(28)55(2)53-39(34)54-63(3,61)62/h1,8,10-12,14-15,18,22,26,31,58H,5-6,13,16-17,19-20H2,2-3H3,(H,51,59)(H,53,54)/t22-,26?,31+/m1/s1. The topological polar surface area (TPSA) is 164 Å². The maximum Gasteiger partial charge on any atom is 0.435 e. The third-order valence-electron chi connectivity index (χ3n) is 10.5. The van der Waals surface area contributed by atoms with Gasteiger partial charge in [-0.15, -0.1) is 6.42 Å². The second-order valence-electron chi connectivity index (χ2n) is 14.9. The van der Waals surface area contributed by atoms with Crippen LogP contribution in [-0.2, 0) is 58.1 Å². The van der Waals surface area contributed by atoms with Crippen molar-refractivity contribution in [1.29, 1.82) is 0 Å². The number of aliphatic hydroxyl groups excluding tert-OH is 1. The molecule has 1 aliphatic heterocycles. The predicted molar refractivity (Wildman–Crippen MR) is 214 cm³/mol. The van der Waals surface area contributed by atoms with E-state index >= 15 is 8.78 Å². The summed E-state index contributed by atoms with van der Waals surface area (Å²) in [6.45, 7) is -1.61. The normalized spacial score (nSPS) is 17.5. The third kappa shape index (κ3) is 9.04. The zero-order chi connectivity index (χ0) is 45.8. The van der Waals surface area contributed by atoms with Gasteiger partial charge in [-0.05, 0) is 67.5 Å². The smallest absolute Gasteiger partial charge is 0.387 e. The SMILES string of the molecule is C#C[C@@H]1Cc2c(C(F)(F)F)nn(CC(=O)N[C@@H](Cc3cc(F)cc(F)c3)c3nc(C#CC4CCCN4C(=O)CO)ccc3-c3ccc(Cl)c4c(NS(C)(=O)=O)nn(C)c34)c2C1(F)F. The maximum atomic E-state index is 15.6. The summed E-state index contributed by atoms with van der Waals surface area (Å²) in [4.78, 5) is 32.6. The summed E-state index contributed by atoms with van der Waals surface area (Å²) in [7, 11) is -2.41. The number of rotatable bonds is 10. The fourth-order valence-corrected chi connectivity index (χ4v) is 8.70. The van der Waals surface area contributed by atoms with Crippen LogP contribution in [0.25, 0.3) is 22.0 Å². The van der Waals surface area contributed by atoms with Gasteiger partial charge in [0, 0.05) is 36.3 Å². The third-order valence-corrected chi connectivity index (χ3v) is 11.4. The number of amides is 2. The number of sulfonamides is 1. The Morgan fingerprint density at radius 3 is 2.44 bits per heavy atom. The molecule has 5 aromatic rings. The van der Waals surface area contributed by atoms with Crippen LogP contribution in [0.15, 0.2) is 42.5 Å². The number of benzene rings is 2. The number of aliphatic hydroxyl groups is 1. The Bertz CT molecular complexity index is 2880. The van der Waals surface area contributed by atoms with Crippen molar-refractivity contribution < 1.29 is 53.8 Å². The van der Waals surface area contributed by atoms with Crippen molar-refractivity contribution in [2.75, 3.05) is 24.1 Å². The van der Waals surface area contributed by atoms with E-state index in [1.54, 1.807) is 0 Å². The molecular weight excluding hydrogens is 885 g/mol. The molecule has 0 saturated carbocycles. The summed E-state index contributed by atoms with van der Waals surface area (Å²) < 4.78 is 131. The molecule has 22 heteroatoms. The monoisotopic (exact) mass is 918 g/mol. The van der Waals surface area contributed by atoms with E-state index in [4.69, 9.17) is 23.0 Å². The highest BCUT2D eigenvalue weighted by atomic mass is 35.5. The number of nitrogens with one attached hydrogen (secondary N) is 2. The molecule has 3 N–H and O–H groups in total. The number of anilines is 1. The van der Waals surface area contributed by atoms with Gasteiger partial charge in [0.1, 0.15) is 36.2 Å². The maximum absolute atomic E-state index is 15.6. The summed E-state index contributed by atoms with van der Waals surface area (Å²) in [6, 6.07) is 6.37. The number of aromatic nitrogens is 5. The molecule has 1 unspecified atom stereocenters. The van der Waals surface area contributed by atoms with Crippen molar-refractivity contribution in [3.63, 3.8) is 0 Å². The summed E-state index contributed by atoms with van der Waals surface area (Å²) in [6.07, 6.45) is 0.711. The molecule has 0 bridgehead atoms. The number of terminal acetylenes is 1. The van der Waals surface area contributed by atoms with Crippen LogP contribution >= 0.6 is 11.6 Å². The minimum absolute atomic E-state index is 0.0380. The molecule has 4 heterocycles. The molecule has 1 fully saturated rings. The summed E-state index contributed by atoms with van der Waals surface area (Å²) in [5.41, 5.74) is -3.09. The lowest BCUT2D eigenvalue weighted by Gasteiger charge is -2.23. The lowest BCUT2D eigenvalue weighted by molar-refractivity contribution is -0.142. The molecule has 0 radical (unpaired) electrons. The minimum Gasteiger partial charge on any atom is -0.387 e. The van der Waals surface area contributed by atoms with E-state index in [1.165, 1.54) is 40.9 Å². The van der Waals surface area contributed by atoms with E-state index in [9.17, 15) is 45.1 Å². The average molecular weight is 919 g/mol. The molecule has 330 valence electrons. The van der Waals surface area contributed by atoms with Gasteiger partial charge >= 0.3 is 12.1 Å². The largest absolute Gasteiger partial charge is 0.435 e. The van der Waals surface area contributed by atoms with Crippen LogP contribution in [0.2, 0.25) is 5.02 Å². The lowest BCUT2D eigenvalue weighted by Crippen LogP contribution is -2.36. The van der Waals surface area contributed by atoms with Gasteiger partial charge in [0.05, 0.1) is 45.9 Å². The van der Waals surface area contributed by atoms with Crippen molar-refractivity contribution in [1.82, 2.24) is 34.8 Å². The Morgan fingerprint density at radius 2 is 1.79 bits per heavy atom. The van der Waals surface area contributed by atoms with E-state index in [0.29, 0.717) is 25.5 Å². The summed E-state index contributed by atoms with van der Waals surface area (Å²) in [5, 5.41) is 19.9. The Kier molecular flexibility index (Phi) is 12.0. The van der Waals surface area contributed by atoms with Crippen molar-refractivity contribution >= 4 is 50.2 Å². The number of hydrogen-bond donors (Lipinski definition) is 3. The number of nitrogens with zero attached hydrogens (tertiary/aromatic N) is 6. The Labute approximate surface area is 359 Å². The van der Waals surface area contributed by atoms with Crippen LogP contribution in [-0.4, -0.2) is 80.2 Å². The van der Waals surface area contributed by atoms with Crippen LogP contribution in [0.3, 0.4) is 0 Å². The van der Waals surface area contributed by atoms with Gasteiger partial charge in [-0.3, -0.25) is 23.7 Å². The van der Waals surface area contributed by atoms with Gasteiger partial charge in [0.25, 0.3) is 0 Å². The second kappa shape index (κ2) is 16.8. The highest BCUT2D eigenvalue weighted by molar-refractivity contribution is 7.92. The van der Waals surface area contributed by atoms with E-state index in [-0.39, 0.29) is 54.5 Å². The summed E-state index contributed by atoms with van der Waals surface area (Å²) >= 11 is 6.59. The van der Waals surface area contributed by atoms with Crippen molar-refractivity contribution in [3.05, 3.63) is 93.0 Å². The molecule has 1 saturated heterocycles.